The second kappa shape index (κ2) is 8.03. The van der Waals surface area contributed by atoms with Crippen molar-refractivity contribution in [1.29, 1.82) is 0 Å². The van der Waals surface area contributed by atoms with E-state index in [4.69, 9.17) is 62.7 Å². The van der Waals surface area contributed by atoms with Gasteiger partial charge < -0.3 is 10.1 Å². The van der Waals surface area contributed by atoms with E-state index in [0.717, 1.165) is 0 Å². The molecule has 0 spiro atoms. The quantitative estimate of drug-likeness (QED) is 0.535. The molecule has 0 saturated heterocycles. The topological polar surface area (TPSA) is 64.1 Å². The van der Waals surface area contributed by atoms with Gasteiger partial charge in [0.05, 0.1) is 31.7 Å². The highest BCUT2D eigenvalue weighted by Crippen LogP contribution is 2.34. The molecule has 0 fully saturated rings. The van der Waals surface area contributed by atoms with Gasteiger partial charge in [0.2, 0.25) is 5.88 Å². The standard InChI is InChI=1S/C16H8Cl5N3O2/c17-7-1-9-14(10(19)2-7)22-6-23-16(9)26-5-13(25)24-15-11(20)3-8(18)4-12(15)21/h1-4,6H,5H2,(H,24,25). The molecule has 0 atom stereocenters. The van der Waals surface area contributed by atoms with Crippen molar-refractivity contribution < 1.29 is 9.53 Å². The van der Waals surface area contributed by atoms with Gasteiger partial charge in [-0.15, -0.1) is 0 Å². The Labute approximate surface area is 173 Å². The number of nitrogens with zero attached hydrogens (tertiary/aromatic N) is 2. The van der Waals surface area contributed by atoms with Crippen LogP contribution < -0.4 is 10.1 Å². The predicted molar refractivity (Wildman–Crippen MR) is 105 cm³/mol. The fourth-order valence-corrected chi connectivity index (χ4v) is 3.61. The summed E-state index contributed by atoms with van der Waals surface area (Å²) >= 11 is 30.0. The minimum atomic E-state index is -0.490. The molecule has 5 nitrogen and oxygen atoms in total. The highest BCUT2D eigenvalue weighted by molar-refractivity contribution is 6.42. The smallest absolute Gasteiger partial charge is 0.262 e. The van der Waals surface area contributed by atoms with Gasteiger partial charge in [0.25, 0.3) is 5.91 Å². The van der Waals surface area contributed by atoms with Crippen LogP contribution in [0.25, 0.3) is 10.9 Å². The zero-order chi connectivity index (χ0) is 18.8. The molecule has 3 aromatic rings. The van der Waals surface area contributed by atoms with E-state index in [0.29, 0.717) is 26.0 Å². The van der Waals surface area contributed by atoms with Crippen LogP contribution in [0, 0.1) is 0 Å². The van der Waals surface area contributed by atoms with Crippen LogP contribution in [0.5, 0.6) is 5.88 Å². The van der Waals surface area contributed by atoms with Crippen LogP contribution in [0.4, 0.5) is 5.69 Å². The van der Waals surface area contributed by atoms with Crippen molar-refractivity contribution in [2.24, 2.45) is 0 Å². The SMILES string of the molecule is O=C(COc1ncnc2c(Cl)cc(Cl)cc12)Nc1c(Cl)cc(Cl)cc1Cl. The van der Waals surface area contributed by atoms with Crippen LogP contribution in [0.15, 0.2) is 30.6 Å². The number of benzene rings is 2. The maximum atomic E-state index is 12.2. The lowest BCUT2D eigenvalue weighted by Gasteiger charge is -2.11. The summed E-state index contributed by atoms with van der Waals surface area (Å²) in [5.41, 5.74) is 0.704. The van der Waals surface area contributed by atoms with Crippen molar-refractivity contribution in [1.82, 2.24) is 9.97 Å². The number of nitrogens with one attached hydrogen (secondary N) is 1. The average Bonchev–Trinajstić information content (AvgIpc) is 2.56. The van der Waals surface area contributed by atoms with Gasteiger partial charge in [0.1, 0.15) is 6.33 Å². The van der Waals surface area contributed by atoms with Crippen molar-refractivity contribution in [2.45, 2.75) is 0 Å². The summed E-state index contributed by atoms with van der Waals surface area (Å²) < 4.78 is 5.47. The lowest BCUT2D eigenvalue weighted by Crippen LogP contribution is -2.21. The summed E-state index contributed by atoms with van der Waals surface area (Å²) in [6.07, 6.45) is 1.28. The largest absolute Gasteiger partial charge is 0.467 e. The van der Waals surface area contributed by atoms with E-state index in [1.165, 1.54) is 18.5 Å². The third-order valence-corrected chi connectivity index (χ3v) is 4.55. The van der Waals surface area contributed by atoms with Crippen molar-refractivity contribution in [3.63, 3.8) is 0 Å². The van der Waals surface area contributed by atoms with E-state index in [1.807, 2.05) is 0 Å². The molecule has 1 N–H and O–H groups in total. The highest BCUT2D eigenvalue weighted by atomic mass is 35.5. The van der Waals surface area contributed by atoms with Crippen LogP contribution >= 0.6 is 58.0 Å². The first-order chi connectivity index (χ1) is 12.3. The maximum absolute atomic E-state index is 12.2. The number of ether oxygens (including phenoxy) is 1. The first-order valence-corrected chi connectivity index (χ1v) is 8.91. The van der Waals surface area contributed by atoms with E-state index in [1.54, 1.807) is 12.1 Å². The van der Waals surface area contributed by atoms with Gasteiger partial charge in [-0.05, 0) is 24.3 Å². The number of fused-ring (bicyclic) bond motifs is 1. The Hall–Kier alpha value is -1.50. The van der Waals surface area contributed by atoms with Crippen molar-refractivity contribution in [3.05, 3.63) is 55.7 Å². The zero-order valence-electron chi connectivity index (χ0n) is 12.7. The van der Waals surface area contributed by atoms with Gasteiger partial charge in [-0.2, -0.15) is 0 Å². The Kier molecular flexibility index (Phi) is 5.95. The van der Waals surface area contributed by atoms with Crippen molar-refractivity contribution in [3.8, 4) is 5.88 Å². The Morgan fingerprint density at radius 1 is 0.923 bits per heavy atom. The third kappa shape index (κ3) is 4.24. The molecule has 134 valence electrons. The van der Waals surface area contributed by atoms with E-state index < -0.39 is 5.91 Å². The molecule has 0 aliphatic heterocycles. The van der Waals surface area contributed by atoms with Crippen LogP contribution in [-0.2, 0) is 4.79 Å². The first-order valence-electron chi connectivity index (χ1n) is 7.02. The predicted octanol–water partition coefficient (Wildman–Crippen LogP) is 5.91. The lowest BCUT2D eigenvalue weighted by atomic mass is 10.2. The summed E-state index contributed by atoms with van der Waals surface area (Å²) in [5, 5.41) is 4.57. The molecule has 1 heterocycles. The fourth-order valence-electron chi connectivity index (χ4n) is 2.15. The average molecular weight is 452 g/mol. The van der Waals surface area contributed by atoms with E-state index in [-0.39, 0.29) is 28.2 Å². The molecule has 10 heteroatoms. The number of hydrogen-bond acceptors (Lipinski definition) is 4. The van der Waals surface area contributed by atoms with Crippen molar-refractivity contribution in [2.75, 3.05) is 11.9 Å². The van der Waals surface area contributed by atoms with Gasteiger partial charge in [-0.3, -0.25) is 4.79 Å². The van der Waals surface area contributed by atoms with E-state index in [2.05, 4.69) is 15.3 Å². The Bertz CT molecular complexity index is 990. The normalized spacial score (nSPS) is 10.8. The molecule has 0 aliphatic carbocycles. The number of hydrogen-bond donors (Lipinski definition) is 1. The van der Waals surface area contributed by atoms with Crippen LogP contribution in [0.1, 0.15) is 0 Å². The van der Waals surface area contributed by atoms with Gasteiger partial charge in [-0.1, -0.05) is 58.0 Å². The minimum Gasteiger partial charge on any atom is -0.467 e. The molecule has 26 heavy (non-hydrogen) atoms. The molecule has 0 aliphatic rings. The molecule has 0 radical (unpaired) electrons. The third-order valence-electron chi connectivity index (χ3n) is 3.23. The Balaban J connectivity index is 1.78. The fraction of sp³-hybridized carbons (Fsp3) is 0.0625. The second-order valence-electron chi connectivity index (χ2n) is 5.04. The van der Waals surface area contributed by atoms with E-state index >= 15 is 0 Å². The molecule has 2 aromatic carbocycles. The lowest BCUT2D eigenvalue weighted by molar-refractivity contribution is -0.118. The highest BCUT2D eigenvalue weighted by Gasteiger charge is 2.14. The number of carbonyl (C=O) groups is 1. The monoisotopic (exact) mass is 449 g/mol. The van der Waals surface area contributed by atoms with Gasteiger partial charge >= 0.3 is 0 Å². The molecule has 0 saturated carbocycles. The molecular formula is C16H8Cl5N3O2. The van der Waals surface area contributed by atoms with Crippen LogP contribution in [0.3, 0.4) is 0 Å². The molecule has 1 aromatic heterocycles. The molecule has 0 unspecified atom stereocenters. The molecular weight excluding hydrogens is 443 g/mol. The molecule has 1 amide bonds. The van der Waals surface area contributed by atoms with E-state index in [9.17, 15) is 4.79 Å². The van der Waals surface area contributed by atoms with Crippen LogP contribution in [-0.4, -0.2) is 22.5 Å². The zero-order valence-corrected chi connectivity index (χ0v) is 16.5. The number of rotatable bonds is 4. The summed E-state index contributed by atoms with van der Waals surface area (Å²) in [7, 11) is 0. The number of aromatic nitrogens is 2. The summed E-state index contributed by atoms with van der Waals surface area (Å²) in [6.45, 7) is -0.342. The first kappa shape index (κ1) is 19.3. The maximum Gasteiger partial charge on any atom is 0.262 e. The van der Waals surface area contributed by atoms with Crippen molar-refractivity contribution >= 4 is 80.5 Å². The number of amides is 1. The Morgan fingerprint density at radius 3 is 2.23 bits per heavy atom. The summed E-state index contributed by atoms with van der Waals surface area (Å²) in [4.78, 5) is 20.3. The Morgan fingerprint density at radius 2 is 1.54 bits per heavy atom. The van der Waals surface area contributed by atoms with Crippen LogP contribution in [0.2, 0.25) is 25.1 Å². The molecule has 0 bridgehead atoms. The molecule has 3 rings (SSSR count). The number of carbonyl (C=O) groups excluding carboxylic acids is 1. The summed E-state index contributed by atoms with van der Waals surface area (Å²) in [5.74, 6) is -0.321. The van der Waals surface area contributed by atoms with Gasteiger partial charge in [0, 0.05) is 10.0 Å². The van der Waals surface area contributed by atoms with Gasteiger partial charge in [0.15, 0.2) is 6.61 Å². The summed E-state index contributed by atoms with van der Waals surface area (Å²) in [6, 6.07) is 6.09. The second-order valence-corrected chi connectivity index (χ2v) is 7.14. The van der Waals surface area contributed by atoms with Gasteiger partial charge in [-0.25, -0.2) is 9.97 Å². The number of anilines is 1. The minimum absolute atomic E-state index is 0.169. The number of halogens is 5.